The van der Waals surface area contributed by atoms with E-state index in [-0.39, 0.29) is 6.61 Å². The van der Waals surface area contributed by atoms with Gasteiger partial charge in [-0.15, -0.1) is 0 Å². The van der Waals surface area contributed by atoms with Crippen molar-refractivity contribution in [3.8, 4) is 5.75 Å². The Bertz CT molecular complexity index is 340. The van der Waals surface area contributed by atoms with Crippen LogP contribution in [0.1, 0.15) is 18.9 Å². The third kappa shape index (κ3) is 4.31. The number of primary amides is 1. The number of hydrogen-bond donors (Lipinski definition) is 2. The number of rotatable bonds is 7. The maximum atomic E-state index is 10.6. The highest BCUT2D eigenvalue weighted by atomic mass is 16.5. The zero-order chi connectivity index (χ0) is 11.8. The molecule has 3 N–H and O–H groups in total. The predicted octanol–water partition coefficient (Wildman–Crippen LogP) is 1.05. The summed E-state index contributed by atoms with van der Waals surface area (Å²) in [4.78, 5) is 10.6. The molecule has 0 radical (unpaired) electrons. The summed E-state index contributed by atoms with van der Waals surface area (Å²) >= 11 is 0. The third-order valence-electron chi connectivity index (χ3n) is 2.08. The van der Waals surface area contributed by atoms with E-state index >= 15 is 0 Å². The molecule has 88 valence electrons. The Balaban J connectivity index is 2.56. The molecule has 1 rings (SSSR count). The highest BCUT2D eigenvalue weighted by molar-refractivity contribution is 5.75. The molecule has 0 saturated heterocycles. The van der Waals surface area contributed by atoms with Crippen molar-refractivity contribution in [1.29, 1.82) is 0 Å². The number of hydrogen-bond acceptors (Lipinski definition) is 3. The molecule has 0 spiro atoms. The van der Waals surface area contributed by atoms with Gasteiger partial charge in [-0.2, -0.15) is 0 Å². The largest absolute Gasteiger partial charge is 0.483 e. The minimum Gasteiger partial charge on any atom is -0.483 e. The minimum atomic E-state index is -0.462. The first-order chi connectivity index (χ1) is 7.74. The summed E-state index contributed by atoms with van der Waals surface area (Å²) in [7, 11) is 0. The number of benzene rings is 1. The summed E-state index contributed by atoms with van der Waals surface area (Å²) in [6.45, 7) is 3.74. The van der Waals surface area contributed by atoms with Crippen molar-refractivity contribution < 1.29 is 9.53 Å². The number of ether oxygens (including phenoxy) is 1. The molecular weight excluding hydrogens is 204 g/mol. The quantitative estimate of drug-likeness (QED) is 0.678. The van der Waals surface area contributed by atoms with Crippen LogP contribution in [0.4, 0.5) is 0 Å². The molecule has 0 aliphatic heterocycles. The molecule has 0 atom stereocenters. The predicted molar refractivity (Wildman–Crippen MR) is 63.1 cm³/mol. The Labute approximate surface area is 95.8 Å². The molecule has 0 saturated carbocycles. The first-order valence-electron chi connectivity index (χ1n) is 5.43. The number of nitrogens with one attached hydrogen (secondary N) is 1. The SMILES string of the molecule is CCCNCc1ccccc1OCC(N)=O. The van der Waals surface area contributed by atoms with Crippen LogP contribution < -0.4 is 15.8 Å². The molecule has 0 unspecified atom stereocenters. The van der Waals surface area contributed by atoms with Gasteiger partial charge in [-0.1, -0.05) is 25.1 Å². The van der Waals surface area contributed by atoms with Crippen molar-refractivity contribution in [2.24, 2.45) is 5.73 Å². The van der Waals surface area contributed by atoms with Crippen molar-refractivity contribution >= 4 is 5.91 Å². The Morgan fingerprint density at radius 1 is 1.44 bits per heavy atom. The standard InChI is InChI=1S/C12H18N2O2/c1-2-7-14-8-10-5-3-4-6-11(10)16-9-12(13)15/h3-6,14H,2,7-9H2,1H3,(H2,13,15). The summed E-state index contributed by atoms with van der Waals surface area (Å²) in [5, 5.41) is 3.28. The Morgan fingerprint density at radius 3 is 2.88 bits per heavy atom. The molecule has 4 heteroatoms. The van der Waals surface area contributed by atoms with Gasteiger partial charge in [-0.25, -0.2) is 0 Å². The van der Waals surface area contributed by atoms with Gasteiger partial charge in [0.25, 0.3) is 5.91 Å². The van der Waals surface area contributed by atoms with Crippen LogP contribution in [-0.4, -0.2) is 19.1 Å². The number of carbonyl (C=O) groups excluding carboxylic acids is 1. The molecule has 16 heavy (non-hydrogen) atoms. The van der Waals surface area contributed by atoms with E-state index in [0.29, 0.717) is 5.75 Å². The molecule has 0 aliphatic carbocycles. The average molecular weight is 222 g/mol. The lowest BCUT2D eigenvalue weighted by atomic mass is 10.2. The zero-order valence-corrected chi connectivity index (χ0v) is 9.53. The van der Waals surface area contributed by atoms with E-state index < -0.39 is 5.91 Å². The van der Waals surface area contributed by atoms with Crippen LogP contribution in [0.5, 0.6) is 5.75 Å². The van der Waals surface area contributed by atoms with Crippen molar-refractivity contribution in [3.05, 3.63) is 29.8 Å². The number of nitrogens with two attached hydrogens (primary N) is 1. The molecule has 1 amide bonds. The summed E-state index contributed by atoms with van der Waals surface area (Å²) < 4.78 is 5.31. The van der Waals surface area contributed by atoms with E-state index in [1.165, 1.54) is 0 Å². The maximum absolute atomic E-state index is 10.6. The van der Waals surface area contributed by atoms with E-state index in [1.54, 1.807) is 0 Å². The smallest absolute Gasteiger partial charge is 0.255 e. The lowest BCUT2D eigenvalue weighted by Gasteiger charge is -2.10. The zero-order valence-electron chi connectivity index (χ0n) is 9.53. The average Bonchev–Trinajstić information content (AvgIpc) is 2.28. The molecule has 0 fully saturated rings. The van der Waals surface area contributed by atoms with Crippen LogP contribution in [-0.2, 0) is 11.3 Å². The van der Waals surface area contributed by atoms with Crippen LogP contribution in [0.3, 0.4) is 0 Å². The molecular formula is C12H18N2O2. The number of para-hydroxylation sites is 1. The van der Waals surface area contributed by atoms with Gasteiger partial charge >= 0.3 is 0 Å². The lowest BCUT2D eigenvalue weighted by Crippen LogP contribution is -2.21. The van der Waals surface area contributed by atoms with Crippen molar-refractivity contribution in [2.45, 2.75) is 19.9 Å². The first kappa shape index (κ1) is 12.5. The highest BCUT2D eigenvalue weighted by Gasteiger charge is 2.03. The second-order valence-corrected chi connectivity index (χ2v) is 3.54. The Morgan fingerprint density at radius 2 is 2.19 bits per heavy atom. The van der Waals surface area contributed by atoms with E-state index in [9.17, 15) is 4.79 Å². The molecule has 0 heterocycles. The summed E-state index contributed by atoms with van der Waals surface area (Å²) in [5.41, 5.74) is 6.07. The van der Waals surface area contributed by atoms with Gasteiger partial charge in [-0.05, 0) is 19.0 Å². The maximum Gasteiger partial charge on any atom is 0.255 e. The van der Waals surface area contributed by atoms with Crippen LogP contribution in [0, 0.1) is 0 Å². The minimum absolute atomic E-state index is 0.0786. The monoisotopic (exact) mass is 222 g/mol. The van der Waals surface area contributed by atoms with E-state index in [0.717, 1.165) is 25.1 Å². The topological polar surface area (TPSA) is 64.3 Å². The number of amides is 1. The molecule has 0 aliphatic rings. The molecule has 0 bridgehead atoms. The first-order valence-corrected chi connectivity index (χ1v) is 5.43. The molecule has 4 nitrogen and oxygen atoms in total. The van der Waals surface area contributed by atoms with E-state index in [1.807, 2.05) is 24.3 Å². The van der Waals surface area contributed by atoms with Crippen LogP contribution in [0.15, 0.2) is 24.3 Å². The van der Waals surface area contributed by atoms with Gasteiger partial charge in [0, 0.05) is 12.1 Å². The fourth-order valence-electron chi connectivity index (χ4n) is 1.34. The second-order valence-electron chi connectivity index (χ2n) is 3.54. The molecule has 1 aromatic carbocycles. The summed E-state index contributed by atoms with van der Waals surface area (Å²) in [5.74, 6) is 0.251. The van der Waals surface area contributed by atoms with E-state index in [4.69, 9.17) is 10.5 Å². The Hall–Kier alpha value is -1.55. The van der Waals surface area contributed by atoms with Gasteiger partial charge in [0.2, 0.25) is 0 Å². The van der Waals surface area contributed by atoms with Gasteiger partial charge in [0.1, 0.15) is 5.75 Å². The van der Waals surface area contributed by atoms with Crippen LogP contribution in [0.25, 0.3) is 0 Å². The molecule has 1 aromatic rings. The van der Waals surface area contributed by atoms with Crippen LogP contribution in [0.2, 0.25) is 0 Å². The van der Waals surface area contributed by atoms with Crippen molar-refractivity contribution in [1.82, 2.24) is 5.32 Å². The highest BCUT2D eigenvalue weighted by Crippen LogP contribution is 2.17. The fraction of sp³-hybridized carbons (Fsp3) is 0.417. The van der Waals surface area contributed by atoms with Gasteiger partial charge in [-0.3, -0.25) is 4.79 Å². The van der Waals surface area contributed by atoms with Gasteiger partial charge in [0.05, 0.1) is 0 Å². The summed E-state index contributed by atoms with van der Waals surface area (Å²) in [6.07, 6.45) is 1.09. The third-order valence-corrected chi connectivity index (χ3v) is 2.08. The normalized spacial score (nSPS) is 10.1. The van der Waals surface area contributed by atoms with Gasteiger partial charge in [0.15, 0.2) is 6.61 Å². The van der Waals surface area contributed by atoms with Crippen molar-refractivity contribution in [2.75, 3.05) is 13.2 Å². The van der Waals surface area contributed by atoms with Crippen molar-refractivity contribution in [3.63, 3.8) is 0 Å². The summed E-state index contributed by atoms with van der Waals surface area (Å²) in [6, 6.07) is 7.63. The van der Waals surface area contributed by atoms with Gasteiger partial charge < -0.3 is 15.8 Å². The number of carbonyl (C=O) groups is 1. The fourth-order valence-corrected chi connectivity index (χ4v) is 1.34. The molecule has 0 aromatic heterocycles. The lowest BCUT2D eigenvalue weighted by molar-refractivity contribution is -0.119. The Kier molecular flexibility index (Phi) is 5.36. The second kappa shape index (κ2) is 6.85. The van der Waals surface area contributed by atoms with Crippen LogP contribution >= 0.6 is 0 Å². The van der Waals surface area contributed by atoms with E-state index in [2.05, 4.69) is 12.2 Å².